The Labute approximate surface area is 262 Å². The van der Waals surface area contributed by atoms with Crippen LogP contribution in [0.4, 0.5) is 0 Å². The summed E-state index contributed by atoms with van der Waals surface area (Å²) in [4.78, 5) is 0. The average Bonchev–Trinajstić information content (AvgIpc) is 3.44. The van der Waals surface area contributed by atoms with E-state index in [0.29, 0.717) is 0 Å². The van der Waals surface area contributed by atoms with Crippen LogP contribution in [-0.2, 0) is 0 Å². The number of nitrogens with zero attached hydrogens (tertiary/aromatic N) is 1. The van der Waals surface area contributed by atoms with Gasteiger partial charge in [0.25, 0.3) is 0 Å². The van der Waals surface area contributed by atoms with E-state index in [-0.39, 0.29) is 0 Å². The van der Waals surface area contributed by atoms with Crippen molar-refractivity contribution in [1.82, 2.24) is 4.57 Å². The highest BCUT2D eigenvalue weighted by molar-refractivity contribution is 6.19. The number of benzene rings is 7. The van der Waals surface area contributed by atoms with Crippen LogP contribution in [0.25, 0.3) is 76.9 Å². The molecule has 1 heterocycles. The number of allylic oxidation sites excluding steroid dienone is 3. The molecule has 0 saturated carbocycles. The summed E-state index contributed by atoms with van der Waals surface area (Å²) in [6, 6.07) is 52.5. The lowest BCUT2D eigenvalue weighted by Crippen LogP contribution is -1.94. The Bertz CT molecular complexity index is 2440. The highest BCUT2D eigenvalue weighted by Gasteiger charge is 2.16. The Balaban J connectivity index is 1.31. The molecule has 0 amide bonds. The molecular weight excluding hydrogens is 544 g/mol. The van der Waals surface area contributed by atoms with Gasteiger partial charge < -0.3 is 9.98 Å². The monoisotopic (exact) mass is 574 g/mol. The predicted molar refractivity (Wildman–Crippen MR) is 194 cm³/mol. The third-order valence-electron chi connectivity index (χ3n) is 8.85. The van der Waals surface area contributed by atoms with Gasteiger partial charge in [0.2, 0.25) is 0 Å². The summed E-state index contributed by atoms with van der Waals surface area (Å²) in [6.07, 6.45) is 4.95. The van der Waals surface area contributed by atoms with Gasteiger partial charge in [-0.3, -0.25) is 0 Å². The van der Waals surface area contributed by atoms with Crippen LogP contribution in [0, 0.1) is 5.41 Å². The number of nitrogens with one attached hydrogen (secondary N) is 1. The molecule has 0 fully saturated rings. The van der Waals surface area contributed by atoms with Crippen molar-refractivity contribution in [3.8, 4) is 27.9 Å². The summed E-state index contributed by atoms with van der Waals surface area (Å²) in [5.41, 5.74) is 10.1. The highest BCUT2D eigenvalue weighted by atomic mass is 15.0. The van der Waals surface area contributed by atoms with Gasteiger partial charge in [-0.15, -0.1) is 0 Å². The maximum atomic E-state index is 7.74. The summed E-state index contributed by atoms with van der Waals surface area (Å²) < 4.78 is 2.43. The summed E-state index contributed by atoms with van der Waals surface area (Å²) in [6.45, 7) is 3.78. The Morgan fingerprint density at radius 1 is 0.533 bits per heavy atom. The zero-order valence-electron chi connectivity index (χ0n) is 24.7. The zero-order valence-corrected chi connectivity index (χ0v) is 24.7. The number of aromatic nitrogens is 1. The van der Waals surface area contributed by atoms with Gasteiger partial charge in [-0.25, -0.2) is 0 Å². The first kappa shape index (κ1) is 26.6. The first-order valence-electron chi connectivity index (χ1n) is 15.2. The minimum Gasteiger partial charge on any atom is -0.309 e. The molecule has 212 valence electrons. The van der Waals surface area contributed by atoms with Crippen molar-refractivity contribution in [2.24, 2.45) is 0 Å². The van der Waals surface area contributed by atoms with Gasteiger partial charge in [0.05, 0.1) is 11.0 Å². The van der Waals surface area contributed by atoms with Crippen molar-refractivity contribution in [3.63, 3.8) is 0 Å². The molecule has 0 atom stereocenters. The standard InChI is InChI=1S/C43H30N2/c1-2-8-37(28-44)31-15-13-30(14-16-31)33-19-22-39-36(26-33)21-24-41-40-23-20-35(34-18-17-29-9-6-7-10-32(29)25-34)27-42(40)45(43(39)41)38-11-4-3-5-12-38/h2-28,44H,1H2/b37-8+,44-28?. The maximum absolute atomic E-state index is 7.74. The molecule has 0 spiro atoms. The second-order valence-corrected chi connectivity index (χ2v) is 11.4. The van der Waals surface area contributed by atoms with E-state index in [1.54, 1.807) is 6.08 Å². The van der Waals surface area contributed by atoms with Crippen LogP contribution in [0.15, 0.2) is 164 Å². The van der Waals surface area contributed by atoms with Crippen molar-refractivity contribution < 1.29 is 0 Å². The molecule has 0 saturated heterocycles. The van der Waals surface area contributed by atoms with E-state index >= 15 is 0 Å². The lowest BCUT2D eigenvalue weighted by molar-refractivity contribution is 1.19. The minimum absolute atomic E-state index is 0.843. The summed E-state index contributed by atoms with van der Waals surface area (Å²) in [7, 11) is 0. The normalized spacial score (nSPS) is 11.9. The molecule has 8 rings (SSSR count). The number of hydrogen-bond donors (Lipinski definition) is 1. The molecule has 1 aromatic heterocycles. The topological polar surface area (TPSA) is 28.8 Å². The Hall–Kier alpha value is -5.99. The average molecular weight is 575 g/mol. The molecule has 8 aromatic rings. The molecule has 2 nitrogen and oxygen atoms in total. The zero-order chi connectivity index (χ0) is 30.3. The summed E-state index contributed by atoms with van der Waals surface area (Å²) in [5.74, 6) is 0. The Morgan fingerprint density at radius 2 is 1.13 bits per heavy atom. The van der Waals surface area contributed by atoms with Crippen LogP contribution < -0.4 is 0 Å². The van der Waals surface area contributed by atoms with Crippen LogP contribution >= 0.6 is 0 Å². The quantitative estimate of drug-likeness (QED) is 0.151. The van der Waals surface area contributed by atoms with Crippen LogP contribution in [0.2, 0.25) is 0 Å². The fraction of sp³-hybridized carbons (Fsp3) is 0. The van der Waals surface area contributed by atoms with Crippen molar-refractivity contribution in [2.75, 3.05) is 0 Å². The molecule has 0 unspecified atom stereocenters. The molecule has 45 heavy (non-hydrogen) atoms. The minimum atomic E-state index is 0.843. The van der Waals surface area contributed by atoms with Crippen molar-refractivity contribution in [2.45, 2.75) is 0 Å². The van der Waals surface area contributed by atoms with Crippen LogP contribution in [0.5, 0.6) is 0 Å². The molecule has 0 aliphatic heterocycles. The van der Waals surface area contributed by atoms with E-state index in [4.69, 9.17) is 5.41 Å². The third kappa shape index (κ3) is 4.56. The second-order valence-electron chi connectivity index (χ2n) is 11.4. The SMILES string of the molecule is C=C/C=C(\C=N)c1ccc(-c2ccc3c(ccc4c5ccc(-c6ccc7ccccc7c6)cc5n(-c5ccccc5)c34)c2)cc1. The van der Waals surface area contributed by atoms with Gasteiger partial charge in [0.1, 0.15) is 0 Å². The molecule has 0 bridgehead atoms. The van der Waals surface area contributed by atoms with E-state index < -0.39 is 0 Å². The fourth-order valence-corrected chi connectivity index (χ4v) is 6.62. The molecule has 1 N–H and O–H groups in total. The van der Waals surface area contributed by atoms with Gasteiger partial charge >= 0.3 is 0 Å². The van der Waals surface area contributed by atoms with Gasteiger partial charge in [-0.05, 0) is 79.9 Å². The molecule has 0 radical (unpaired) electrons. The Kier molecular flexibility index (Phi) is 6.47. The smallest absolute Gasteiger partial charge is 0.0619 e. The lowest BCUT2D eigenvalue weighted by Gasteiger charge is -2.12. The predicted octanol–water partition coefficient (Wildman–Crippen LogP) is 11.6. The van der Waals surface area contributed by atoms with E-state index in [0.717, 1.165) is 22.4 Å². The largest absolute Gasteiger partial charge is 0.309 e. The van der Waals surface area contributed by atoms with Crippen molar-refractivity contribution in [3.05, 3.63) is 170 Å². The summed E-state index contributed by atoms with van der Waals surface area (Å²) >= 11 is 0. The van der Waals surface area contributed by atoms with Gasteiger partial charge in [0.15, 0.2) is 0 Å². The Morgan fingerprint density at radius 3 is 1.91 bits per heavy atom. The number of fused-ring (bicyclic) bond motifs is 6. The molecule has 2 heteroatoms. The molecule has 7 aromatic carbocycles. The molecular formula is C43H30N2. The van der Waals surface area contributed by atoms with E-state index in [1.165, 1.54) is 66.3 Å². The molecule has 0 aliphatic rings. The van der Waals surface area contributed by atoms with Crippen molar-refractivity contribution in [1.29, 1.82) is 5.41 Å². The summed E-state index contributed by atoms with van der Waals surface area (Å²) in [5, 5.41) is 15.2. The first-order chi connectivity index (χ1) is 22.2. The van der Waals surface area contributed by atoms with Crippen molar-refractivity contribution >= 4 is 55.1 Å². The number of rotatable bonds is 6. The fourth-order valence-electron chi connectivity index (χ4n) is 6.62. The van der Waals surface area contributed by atoms with E-state index in [2.05, 4.69) is 157 Å². The lowest BCUT2D eigenvalue weighted by atomic mass is 9.97. The van der Waals surface area contributed by atoms with Crippen LogP contribution in [-0.4, -0.2) is 10.8 Å². The highest BCUT2D eigenvalue weighted by Crippen LogP contribution is 2.39. The van der Waals surface area contributed by atoms with Gasteiger partial charge in [0, 0.05) is 28.1 Å². The molecule has 0 aliphatic carbocycles. The number of para-hydroxylation sites is 1. The van der Waals surface area contributed by atoms with Crippen LogP contribution in [0.1, 0.15) is 5.56 Å². The van der Waals surface area contributed by atoms with Crippen LogP contribution in [0.3, 0.4) is 0 Å². The second kappa shape index (κ2) is 10.9. The van der Waals surface area contributed by atoms with E-state index in [1.807, 2.05) is 6.08 Å². The van der Waals surface area contributed by atoms with E-state index in [9.17, 15) is 0 Å². The third-order valence-corrected chi connectivity index (χ3v) is 8.85. The first-order valence-corrected chi connectivity index (χ1v) is 15.2. The van der Waals surface area contributed by atoms with Gasteiger partial charge in [-0.2, -0.15) is 0 Å². The van der Waals surface area contributed by atoms with Gasteiger partial charge in [-0.1, -0.05) is 134 Å². The number of hydrogen-bond acceptors (Lipinski definition) is 1. The maximum Gasteiger partial charge on any atom is 0.0619 e.